The van der Waals surface area contributed by atoms with E-state index in [0.717, 1.165) is 19.3 Å². The van der Waals surface area contributed by atoms with Crippen LogP contribution in [0.2, 0.25) is 0 Å². The quantitative estimate of drug-likeness (QED) is 0.697. The van der Waals surface area contributed by atoms with Gasteiger partial charge in [-0.1, -0.05) is 6.42 Å². The summed E-state index contributed by atoms with van der Waals surface area (Å²) in [6.45, 7) is 2.55. The molecule has 4 heteroatoms. The summed E-state index contributed by atoms with van der Waals surface area (Å²) in [5.74, 6) is 0.676. The lowest BCUT2D eigenvalue weighted by Gasteiger charge is -2.18. The Kier molecular flexibility index (Phi) is 4.69. The van der Waals surface area contributed by atoms with Crippen molar-refractivity contribution in [2.45, 2.75) is 31.6 Å². The van der Waals surface area contributed by atoms with Gasteiger partial charge in [-0.15, -0.1) is 11.6 Å². The summed E-state index contributed by atoms with van der Waals surface area (Å²) in [6.07, 6.45) is 3.33. The van der Waals surface area contributed by atoms with Gasteiger partial charge in [0.05, 0.1) is 0 Å². The number of amides is 1. The lowest BCUT2D eigenvalue weighted by Crippen LogP contribution is -2.35. The number of rotatable bonds is 4. The van der Waals surface area contributed by atoms with Crippen molar-refractivity contribution in [2.75, 3.05) is 13.2 Å². The number of carbonyl (C=O) groups excluding carboxylic acids is 1. The van der Waals surface area contributed by atoms with Gasteiger partial charge in [0.25, 0.3) is 0 Å². The number of nitrogens with one attached hydrogen (secondary N) is 1. The van der Waals surface area contributed by atoms with Crippen LogP contribution in [0.4, 0.5) is 0 Å². The molecule has 0 aromatic heterocycles. The second-order valence-electron chi connectivity index (χ2n) is 3.99. The monoisotopic (exact) mass is 219 g/mol. The Balaban J connectivity index is 2.27. The maximum Gasteiger partial charge on any atom is 0.237 e. The SMILES string of the molecule is CC(Cl)C(=O)NCC1CCCC1CO. The van der Waals surface area contributed by atoms with E-state index >= 15 is 0 Å². The molecule has 2 N–H and O–H groups in total. The average molecular weight is 220 g/mol. The molecule has 1 fully saturated rings. The Morgan fingerprint density at radius 1 is 1.57 bits per heavy atom. The number of hydrogen-bond donors (Lipinski definition) is 2. The highest BCUT2D eigenvalue weighted by Crippen LogP contribution is 2.30. The predicted octanol–water partition coefficient (Wildman–Crippen LogP) is 1.14. The van der Waals surface area contributed by atoms with Crippen LogP contribution in [-0.2, 0) is 4.79 Å². The van der Waals surface area contributed by atoms with Crippen molar-refractivity contribution in [1.29, 1.82) is 0 Å². The van der Waals surface area contributed by atoms with Crippen LogP contribution >= 0.6 is 11.6 Å². The molecule has 1 aliphatic rings. The highest BCUT2D eigenvalue weighted by Gasteiger charge is 2.26. The molecule has 0 aromatic rings. The van der Waals surface area contributed by atoms with Gasteiger partial charge in [0.2, 0.25) is 5.91 Å². The fraction of sp³-hybridized carbons (Fsp3) is 0.900. The zero-order valence-electron chi connectivity index (χ0n) is 8.50. The van der Waals surface area contributed by atoms with Crippen molar-refractivity contribution in [3.63, 3.8) is 0 Å². The van der Waals surface area contributed by atoms with E-state index in [1.807, 2.05) is 0 Å². The molecule has 0 saturated heterocycles. The molecule has 0 heterocycles. The summed E-state index contributed by atoms with van der Waals surface area (Å²) in [7, 11) is 0. The molecule has 1 amide bonds. The minimum Gasteiger partial charge on any atom is -0.396 e. The van der Waals surface area contributed by atoms with E-state index in [1.165, 1.54) is 0 Å². The maximum atomic E-state index is 11.2. The summed E-state index contributed by atoms with van der Waals surface area (Å²) in [5.41, 5.74) is 0. The Labute approximate surface area is 89.8 Å². The fourth-order valence-corrected chi connectivity index (χ4v) is 2.07. The molecule has 0 radical (unpaired) electrons. The van der Waals surface area contributed by atoms with Crippen molar-refractivity contribution < 1.29 is 9.90 Å². The average Bonchev–Trinajstić information content (AvgIpc) is 2.60. The van der Waals surface area contributed by atoms with E-state index in [0.29, 0.717) is 18.4 Å². The number of aliphatic hydroxyl groups excluding tert-OH is 1. The van der Waals surface area contributed by atoms with Crippen molar-refractivity contribution in [1.82, 2.24) is 5.32 Å². The summed E-state index contributed by atoms with van der Waals surface area (Å²) in [6, 6.07) is 0. The molecule has 1 saturated carbocycles. The fourth-order valence-electron chi connectivity index (χ4n) is 2.00. The molecule has 14 heavy (non-hydrogen) atoms. The summed E-state index contributed by atoms with van der Waals surface area (Å²) >= 11 is 5.62. The Bertz CT molecular complexity index is 197. The second kappa shape index (κ2) is 5.56. The van der Waals surface area contributed by atoms with Gasteiger partial charge in [-0.05, 0) is 31.6 Å². The van der Waals surface area contributed by atoms with E-state index in [9.17, 15) is 4.79 Å². The van der Waals surface area contributed by atoms with Gasteiger partial charge >= 0.3 is 0 Å². The van der Waals surface area contributed by atoms with Gasteiger partial charge in [-0.2, -0.15) is 0 Å². The van der Waals surface area contributed by atoms with Crippen molar-refractivity contribution in [3.05, 3.63) is 0 Å². The van der Waals surface area contributed by atoms with Crippen molar-refractivity contribution in [2.24, 2.45) is 11.8 Å². The largest absolute Gasteiger partial charge is 0.396 e. The number of hydrogen-bond acceptors (Lipinski definition) is 2. The topological polar surface area (TPSA) is 49.3 Å². The number of carbonyl (C=O) groups is 1. The first-order chi connectivity index (χ1) is 6.65. The zero-order valence-corrected chi connectivity index (χ0v) is 9.26. The summed E-state index contributed by atoms with van der Waals surface area (Å²) < 4.78 is 0. The first-order valence-electron chi connectivity index (χ1n) is 5.17. The van der Waals surface area contributed by atoms with E-state index in [1.54, 1.807) is 6.92 Å². The molecule has 0 aromatic carbocycles. The minimum atomic E-state index is -0.469. The standard InChI is InChI=1S/C10H18ClNO2/c1-7(11)10(14)12-5-8-3-2-4-9(8)6-13/h7-9,13H,2-6H2,1H3,(H,12,14). The highest BCUT2D eigenvalue weighted by atomic mass is 35.5. The van der Waals surface area contributed by atoms with E-state index in [-0.39, 0.29) is 12.5 Å². The molecule has 0 aliphatic heterocycles. The van der Waals surface area contributed by atoms with Crippen LogP contribution < -0.4 is 5.32 Å². The van der Waals surface area contributed by atoms with Crippen LogP contribution in [0, 0.1) is 11.8 Å². The first-order valence-corrected chi connectivity index (χ1v) is 5.61. The predicted molar refractivity (Wildman–Crippen MR) is 56.2 cm³/mol. The third-order valence-corrected chi connectivity index (χ3v) is 3.15. The first kappa shape index (κ1) is 11.8. The van der Waals surface area contributed by atoms with Crippen LogP contribution in [0.3, 0.4) is 0 Å². The van der Waals surface area contributed by atoms with E-state index in [2.05, 4.69) is 5.32 Å². The minimum absolute atomic E-state index is 0.116. The van der Waals surface area contributed by atoms with Crippen LogP contribution in [0.15, 0.2) is 0 Å². The molecular formula is C10H18ClNO2. The van der Waals surface area contributed by atoms with E-state index < -0.39 is 5.38 Å². The highest BCUT2D eigenvalue weighted by molar-refractivity contribution is 6.30. The smallest absolute Gasteiger partial charge is 0.237 e. The summed E-state index contributed by atoms with van der Waals surface area (Å²) in [4.78, 5) is 11.2. The van der Waals surface area contributed by atoms with Gasteiger partial charge < -0.3 is 10.4 Å². The van der Waals surface area contributed by atoms with Gasteiger partial charge in [-0.25, -0.2) is 0 Å². The lowest BCUT2D eigenvalue weighted by atomic mass is 9.97. The van der Waals surface area contributed by atoms with Gasteiger partial charge in [0, 0.05) is 13.2 Å². The van der Waals surface area contributed by atoms with Crippen molar-refractivity contribution >= 4 is 17.5 Å². The van der Waals surface area contributed by atoms with Crippen LogP contribution in [0.5, 0.6) is 0 Å². The molecule has 82 valence electrons. The third-order valence-electron chi connectivity index (χ3n) is 2.95. The lowest BCUT2D eigenvalue weighted by molar-refractivity contribution is -0.120. The summed E-state index contributed by atoms with van der Waals surface area (Å²) in [5, 5.41) is 11.4. The van der Waals surface area contributed by atoms with Crippen LogP contribution in [-0.4, -0.2) is 29.5 Å². The molecule has 3 nitrogen and oxygen atoms in total. The molecular weight excluding hydrogens is 202 g/mol. The van der Waals surface area contributed by atoms with Crippen LogP contribution in [0.1, 0.15) is 26.2 Å². The van der Waals surface area contributed by atoms with Crippen molar-refractivity contribution in [3.8, 4) is 0 Å². The van der Waals surface area contributed by atoms with Gasteiger partial charge in [0.15, 0.2) is 0 Å². The zero-order chi connectivity index (χ0) is 10.6. The molecule has 1 aliphatic carbocycles. The third kappa shape index (κ3) is 3.14. The van der Waals surface area contributed by atoms with Gasteiger partial charge in [-0.3, -0.25) is 4.79 Å². The molecule has 0 bridgehead atoms. The van der Waals surface area contributed by atoms with E-state index in [4.69, 9.17) is 16.7 Å². The van der Waals surface area contributed by atoms with Crippen LogP contribution in [0.25, 0.3) is 0 Å². The molecule has 0 spiro atoms. The number of halogens is 1. The van der Waals surface area contributed by atoms with Gasteiger partial charge in [0.1, 0.15) is 5.38 Å². The molecule has 3 atom stereocenters. The normalized spacial score (nSPS) is 28.8. The maximum absolute atomic E-state index is 11.2. The number of alkyl halides is 1. The molecule has 1 rings (SSSR count). The molecule has 3 unspecified atom stereocenters. The second-order valence-corrected chi connectivity index (χ2v) is 4.65. The Morgan fingerprint density at radius 2 is 2.21 bits per heavy atom. The number of aliphatic hydroxyl groups is 1. The Morgan fingerprint density at radius 3 is 2.79 bits per heavy atom. The Hall–Kier alpha value is -0.280.